The predicted octanol–water partition coefficient (Wildman–Crippen LogP) is 4.05. The first kappa shape index (κ1) is 26.1. The lowest BCUT2D eigenvalue weighted by Crippen LogP contribution is -2.46. The molecule has 0 aliphatic carbocycles. The summed E-state index contributed by atoms with van der Waals surface area (Å²) in [4.78, 5) is 34.9. The molecule has 7 nitrogen and oxygen atoms in total. The summed E-state index contributed by atoms with van der Waals surface area (Å²) in [6, 6.07) is 20.7. The van der Waals surface area contributed by atoms with Gasteiger partial charge in [-0.25, -0.2) is 9.78 Å². The van der Waals surface area contributed by atoms with E-state index in [1.807, 2.05) is 73.7 Å². The van der Waals surface area contributed by atoms with Crippen LogP contribution in [0.5, 0.6) is 0 Å². The molecule has 37 heavy (non-hydrogen) atoms. The summed E-state index contributed by atoms with van der Waals surface area (Å²) in [5.41, 5.74) is 3.83. The van der Waals surface area contributed by atoms with E-state index in [1.54, 1.807) is 17.2 Å². The largest absolute Gasteiger partial charge is 0.467 e. The zero-order chi connectivity index (χ0) is 26.0. The maximum atomic E-state index is 13.5. The van der Waals surface area contributed by atoms with Crippen LogP contribution in [0.25, 0.3) is 6.08 Å². The number of carbonyl (C=O) groups is 2. The van der Waals surface area contributed by atoms with Gasteiger partial charge in [-0.15, -0.1) is 0 Å². The van der Waals surface area contributed by atoms with Crippen molar-refractivity contribution in [3.8, 4) is 0 Å². The molecule has 7 heteroatoms. The summed E-state index contributed by atoms with van der Waals surface area (Å²) in [6.07, 6.45) is 5.40. The van der Waals surface area contributed by atoms with Crippen molar-refractivity contribution in [2.45, 2.75) is 25.9 Å². The van der Waals surface area contributed by atoms with E-state index in [9.17, 15) is 9.59 Å². The van der Waals surface area contributed by atoms with E-state index in [4.69, 9.17) is 9.47 Å². The number of rotatable bonds is 9. The van der Waals surface area contributed by atoms with Gasteiger partial charge in [0.05, 0.1) is 20.3 Å². The van der Waals surface area contributed by atoms with E-state index in [0.717, 1.165) is 41.2 Å². The molecule has 1 amide bonds. The molecule has 192 valence electrons. The molecule has 3 aromatic rings. The van der Waals surface area contributed by atoms with Gasteiger partial charge >= 0.3 is 5.97 Å². The Kier molecular flexibility index (Phi) is 9.05. The minimum atomic E-state index is -0.790. The number of morpholine rings is 1. The average Bonchev–Trinajstić information content (AvgIpc) is 2.95. The molecule has 0 radical (unpaired) electrons. The maximum absolute atomic E-state index is 13.5. The number of aryl methyl sites for hydroxylation is 1. The lowest BCUT2D eigenvalue weighted by molar-refractivity contribution is -0.151. The third-order valence-corrected chi connectivity index (χ3v) is 6.40. The quantitative estimate of drug-likeness (QED) is 0.327. The highest BCUT2D eigenvalue weighted by atomic mass is 16.5. The number of methoxy groups -OCH3 is 1. The molecule has 0 bridgehead atoms. The number of amides is 1. The maximum Gasteiger partial charge on any atom is 0.328 e. The van der Waals surface area contributed by atoms with Gasteiger partial charge in [-0.1, -0.05) is 66.2 Å². The number of carbonyl (C=O) groups excluding carboxylic acids is 2. The van der Waals surface area contributed by atoms with Gasteiger partial charge in [-0.2, -0.15) is 0 Å². The molecule has 1 aliphatic rings. The Labute approximate surface area is 218 Å². The van der Waals surface area contributed by atoms with Crippen LogP contribution in [0.15, 0.2) is 79.0 Å². The number of esters is 1. The monoisotopic (exact) mass is 499 g/mol. The first-order valence-electron chi connectivity index (χ1n) is 12.5. The molecule has 2 heterocycles. The van der Waals surface area contributed by atoms with Crippen molar-refractivity contribution in [1.82, 2.24) is 9.88 Å². The molecular weight excluding hydrogens is 466 g/mol. The third-order valence-electron chi connectivity index (χ3n) is 6.40. The molecule has 0 spiro atoms. The normalized spacial score (nSPS) is 14.4. The van der Waals surface area contributed by atoms with Crippen molar-refractivity contribution in [3.05, 3.63) is 101 Å². The zero-order valence-electron chi connectivity index (χ0n) is 21.4. The van der Waals surface area contributed by atoms with E-state index in [2.05, 4.69) is 9.88 Å². The number of nitrogens with zero attached hydrogens (tertiary/aromatic N) is 3. The Balaban J connectivity index is 1.60. The molecule has 0 saturated carbocycles. The van der Waals surface area contributed by atoms with Crippen LogP contribution in [-0.2, 0) is 32.0 Å². The van der Waals surface area contributed by atoms with E-state index in [-0.39, 0.29) is 12.5 Å². The topological polar surface area (TPSA) is 72.0 Å². The summed E-state index contributed by atoms with van der Waals surface area (Å²) in [7, 11) is 1.35. The fraction of sp³-hybridized carbons (Fsp3) is 0.300. The van der Waals surface area contributed by atoms with Crippen LogP contribution in [-0.4, -0.2) is 61.2 Å². The molecule has 1 saturated heterocycles. The van der Waals surface area contributed by atoms with E-state index in [1.165, 1.54) is 13.2 Å². The van der Waals surface area contributed by atoms with Crippen LogP contribution in [0.2, 0.25) is 0 Å². The van der Waals surface area contributed by atoms with Crippen molar-refractivity contribution in [3.63, 3.8) is 0 Å². The van der Waals surface area contributed by atoms with E-state index < -0.39 is 12.0 Å². The van der Waals surface area contributed by atoms with Crippen molar-refractivity contribution in [2.24, 2.45) is 0 Å². The molecule has 1 aliphatic heterocycles. The number of hydrogen-bond acceptors (Lipinski definition) is 6. The Morgan fingerprint density at radius 1 is 1.03 bits per heavy atom. The molecular formula is C30H33N3O4. The second-order valence-corrected chi connectivity index (χ2v) is 9.06. The fourth-order valence-electron chi connectivity index (χ4n) is 4.26. The Bertz CT molecular complexity index is 1190. The number of benzene rings is 2. The highest BCUT2D eigenvalue weighted by Crippen LogP contribution is 2.19. The zero-order valence-corrected chi connectivity index (χ0v) is 21.4. The van der Waals surface area contributed by atoms with Crippen molar-refractivity contribution in [2.75, 3.05) is 38.3 Å². The standard InChI is InChI=1S/C30H33N3O4/c1-23-8-10-24(11-9-23)13-15-29(34)33(27(30(35)36-2)20-25-6-4-3-5-7-25)22-26-12-14-28(31-21-26)32-16-18-37-19-17-32/h3-15,21,27H,16-20,22H2,1-2H3/t27-/m0/s1. The van der Waals surface area contributed by atoms with Gasteiger partial charge in [0.25, 0.3) is 0 Å². The van der Waals surface area contributed by atoms with Gasteiger partial charge < -0.3 is 19.3 Å². The molecule has 1 aromatic heterocycles. The summed E-state index contributed by atoms with van der Waals surface area (Å²) in [5, 5.41) is 0. The molecule has 1 fully saturated rings. The van der Waals surface area contributed by atoms with Gasteiger partial charge in [0.15, 0.2) is 0 Å². The summed E-state index contributed by atoms with van der Waals surface area (Å²) in [5.74, 6) is 0.140. The van der Waals surface area contributed by atoms with Gasteiger partial charge in [0, 0.05) is 38.3 Å². The number of ether oxygens (including phenoxy) is 2. The SMILES string of the molecule is COC(=O)[C@H](Cc1ccccc1)N(Cc1ccc(N2CCOCC2)nc1)C(=O)C=Cc1ccc(C)cc1. The van der Waals surface area contributed by atoms with Gasteiger partial charge in [0.1, 0.15) is 11.9 Å². The van der Waals surface area contributed by atoms with Crippen molar-refractivity contribution < 1.29 is 19.1 Å². The summed E-state index contributed by atoms with van der Waals surface area (Å²) >= 11 is 0. The molecule has 1 atom stereocenters. The predicted molar refractivity (Wildman–Crippen MR) is 144 cm³/mol. The lowest BCUT2D eigenvalue weighted by atomic mass is 10.0. The molecule has 0 unspecified atom stereocenters. The van der Waals surface area contributed by atoms with Crippen molar-refractivity contribution in [1.29, 1.82) is 0 Å². The Morgan fingerprint density at radius 3 is 2.41 bits per heavy atom. The average molecular weight is 500 g/mol. The van der Waals surface area contributed by atoms with Gasteiger partial charge in [-0.05, 0) is 35.8 Å². The first-order valence-corrected chi connectivity index (χ1v) is 12.5. The second-order valence-electron chi connectivity index (χ2n) is 9.06. The number of pyridine rings is 1. The smallest absolute Gasteiger partial charge is 0.328 e. The van der Waals surface area contributed by atoms with Crippen LogP contribution < -0.4 is 4.90 Å². The van der Waals surface area contributed by atoms with Crippen LogP contribution >= 0.6 is 0 Å². The third kappa shape index (κ3) is 7.27. The summed E-state index contributed by atoms with van der Waals surface area (Å²) in [6.45, 7) is 5.19. The van der Waals surface area contributed by atoms with Gasteiger partial charge in [-0.3, -0.25) is 4.79 Å². The first-order chi connectivity index (χ1) is 18.0. The number of anilines is 1. The highest BCUT2D eigenvalue weighted by molar-refractivity contribution is 5.94. The molecule has 0 N–H and O–H groups in total. The number of hydrogen-bond donors (Lipinski definition) is 0. The van der Waals surface area contributed by atoms with Crippen LogP contribution in [0.1, 0.15) is 22.3 Å². The fourth-order valence-corrected chi connectivity index (χ4v) is 4.26. The van der Waals surface area contributed by atoms with Gasteiger partial charge in [0.2, 0.25) is 5.91 Å². The minimum Gasteiger partial charge on any atom is -0.467 e. The second kappa shape index (κ2) is 12.8. The highest BCUT2D eigenvalue weighted by Gasteiger charge is 2.30. The Hall–Kier alpha value is -3.97. The summed E-state index contributed by atoms with van der Waals surface area (Å²) < 4.78 is 10.6. The molecule has 2 aromatic carbocycles. The lowest BCUT2D eigenvalue weighted by Gasteiger charge is -2.30. The van der Waals surface area contributed by atoms with Crippen LogP contribution in [0, 0.1) is 6.92 Å². The number of aromatic nitrogens is 1. The van der Waals surface area contributed by atoms with Crippen LogP contribution in [0.4, 0.5) is 5.82 Å². The van der Waals surface area contributed by atoms with E-state index >= 15 is 0 Å². The van der Waals surface area contributed by atoms with Crippen molar-refractivity contribution >= 4 is 23.8 Å². The van der Waals surface area contributed by atoms with E-state index in [0.29, 0.717) is 19.6 Å². The minimum absolute atomic E-state index is 0.222. The Morgan fingerprint density at radius 2 is 1.76 bits per heavy atom. The molecule has 4 rings (SSSR count). The van der Waals surface area contributed by atoms with Crippen LogP contribution in [0.3, 0.4) is 0 Å².